The Morgan fingerprint density at radius 2 is 2.11 bits per heavy atom. The van der Waals surface area contributed by atoms with Gasteiger partial charge in [-0.3, -0.25) is 4.79 Å². The van der Waals surface area contributed by atoms with E-state index in [2.05, 4.69) is 9.97 Å². The summed E-state index contributed by atoms with van der Waals surface area (Å²) < 4.78 is 11.2. The number of halogens is 1. The highest BCUT2D eigenvalue weighted by Crippen LogP contribution is 2.34. The van der Waals surface area contributed by atoms with Crippen LogP contribution in [0.15, 0.2) is 52.4 Å². The van der Waals surface area contributed by atoms with Crippen LogP contribution in [0.25, 0.3) is 11.3 Å². The van der Waals surface area contributed by atoms with Crippen molar-refractivity contribution in [3.8, 4) is 28.8 Å². The van der Waals surface area contributed by atoms with Crippen LogP contribution in [0.3, 0.4) is 0 Å². The van der Waals surface area contributed by atoms with Gasteiger partial charge in [0.05, 0.1) is 7.11 Å². The number of thioether (sulfide) groups is 1. The van der Waals surface area contributed by atoms with Crippen LogP contribution in [-0.4, -0.2) is 23.3 Å². The second kappa shape index (κ2) is 8.83. The van der Waals surface area contributed by atoms with Gasteiger partial charge in [-0.15, -0.1) is 0 Å². The summed E-state index contributed by atoms with van der Waals surface area (Å²) in [7, 11) is 1.60. The Bertz CT molecular complexity index is 1110. The first-order chi connectivity index (χ1) is 13.5. The normalized spacial score (nSPS) is 10.4. The molecule has 28 heavy (non-hydrogen) atoms. The van der Waals surface area contributed by atoms with Gasteiger partial charge in [0.2, 0.25) is 0 Å². The quantitative estimate of drug-likeness (QED) is 0.479. The van der Waals surface area contributed by atoms with Gasteiger partial charge in [-0.05, 0) is 42.2 Å². The molecule has 0 spiro atoms. The van der Waals surface area contributed by atoms with E-state index in [1.165, 1.54) is 11.8 Å². The molecule has 3 aromatic rings. The van der Waals surface area contributed by atoms with Crippen LogP contribution in [0.2, 0.25) is 5.02 Å². The number of nitrogens with one attached hydrogen (secondary N) is 1. The van der Waals surface area contributed by atoms with Crippen molar-refractivity contribution in [1.29, 1.82) is 5.26 Å². The minimum absolute atomic E-state index is 0.0914. The van der Waals surface area contributed by atoms with E-state index in [0.29, 0.717) is 21.5 Å². The molecule has 0 saturated heterocycles. The number of nitriles is 1. The molecule has 0 atom stereocenters. The van der Waals surface area contributed by atoms with Gasteiger partial charge >= 0.3 is 0 Å². The minimum atomic E-state index is -0.504. The number of hydrogen-bond acceptors (Lipinski definition) is 6. The molecule has 2 aromatic carbocycles. The lowest BCUT2D eigenvalue weighted by molar-refractivity contribution is 0.306. The molecule has 0 radical (unpaired) electrons. The number of hydrogen-bond donors (Lipinski definition) is 1. The molecule has 0 amide bonds. The van der Waals surface area contributed by atoms with Crippen molar-refractivity contribution in [2.45, 2.75) is 11.8 Å². The molecule has 0 unspecified atom stereocenters. The number of benzene rings is 2. The predicted octanol–water partition coefficient (Wildman–Crippen LogP) is 4.27. The van der Waals surface area contributed by atoms with E-state index in [4.69, 9.17) is 21.1 Å². The lowest BCUT2D eigenvalue weighted by Crippen LogP contribution is -2.15. The van der Waals surface area contributed by atoms with Crippen LogP contribution in [0.4, 0.5) is 0 Å². The Morgan fingerprint density at radius 3 is 2.82 bits per heavy atom. The fraction of sp³-hybridized carbons (Fsp3) is 0.150. The molecule has 3 rings (SSSR count). The van der Waals surface area contributed by atoms with E-state index in [9.17, 15) is 10.1 Å². The Morgan fingerprint density at radius 1 is 1.29 bits per heavy atom. The molecule has 142 valence electrons. The Hall–Kier alpha value is -2.95. The molecule has 0 saturated carbocycles. The molecule has 0 aliphatic rings. The number of methoxy groups -OCH3 is 1. The second-order valence-corrected chi connectivity index (χ2v) is 6.92. The number of aromatic amines is 1. The lowest BCUT2D eigenvalue weighted by atomic mass is 10.1. The molecular formula is C20H16ClN3O3S. The third kappa shape index (κ3) is 4.30. The number of rotatable bonds is 6. The number of ether oxygens (including phenoxy) is 2. The van der Waals surface area contributed by atoms with E-state index in [1.807, 2.05) is 30.3 Å². The summed E-state index contributed by atoms with van der Waals surface area (Å²) >= 11 is 7.43. The van der Waals surface area contributed by atoms with Gasteiger partial charge in [-0.1, -0.05) is 35.5 Å². The van der Waals surface area contributed by atoms with Crippen molar-refractivity contribution in [3.05, 3.63) is 69.0 Å². The van der Waals surface area contributed by atoms with Gasteiger partial charge in [0.1, 0.15) is 35.4 Å². The van der Waals surface area contributed by atoms with Gasteiger partial charge in [0.25, 0.3) is 5.56 Å². The molecule has 1 aromatic heterocycles. The van der Waals surface area contributed by atoms with Crippen LogP contribution in [0.1, 0.15) is 11.1 Å². The van der Waals surface area contributed by atoms with Crippen LogP contribution in [0, 0.1) is 11.3 Å². The van der Waals surface area contributed by atoms with Gasteiger partial charge in [0.15, 0.2) is 5.16 Å². The number of nitrogens with zero attached hydrogens (tertiary/aromatic N) is 2. The van der Waals surface area contributed by atoms with Crippen molar-refractivity contribution in [2.75, 3.05) is 13.4 Å². The Labute approximate surface area is 171 Å². The van der Waals surface area contributed by atoms with Crippen molar-refractivity contribution in [2.24, 2.45) is 0 Å². The van der Waals surface area contributed by atoms with Gasteiger partial charge in [0, 0.05) is 10.6 Å². The monoisotopic (exact) mass is 413 g/mol. The minimum Gasteiger partial charge on any atom is -0.497 e. The largest absolute Gasteiger partial charge is 0.497 e. The van der Waals surface area contributed by atoms with E-state index < -0.39 is 5.56 Å². The molecular weight excluding hydrogens is 398 g/mol. The van der Waals surface area contributed by atoms with E-state index >= 15 is 0 Å². The van der Waals surface area contributed by atoms with Gasteiger partial charge in [-0.2, -0.15) is 5.26 Å². The predicted molar refractivity (Wildman–Crippen MR) is 109 cm³/mol. The highest BCUT2D eigenvalue weighted by atomic mass is 35.5. The zero-order valence-corrected chi connectivity index (χ0v) is 16.7. The average Bonchev–Trinajstić information content (AvgIpc) is 2.72. The van der Waals surface area contributed by atoms with Gasteiger partial charge < -0.3 is 14.5 Å². The smallest absolute Gasteiger partial charge is 0.270 e. The van der Waals surface area contributed by atoms with E-state index in [0.717, 1.165) is 11.3 Å². The standard InChI is InChI=1S/C20H16ClN3O3S/c1-26-14-5-3-4-12(8-14)11-27-17-7-6-13(21)9-15(17)18-16(10-22)19(25)24-20(23-18)28-2/h3-9H,11H2,1-2H3,(H,23,24,25). The zero-order valence-electron chi connectivity index (χ0n) is 15.2. The molecule has 0 bridgehead atoms. The maximum atomic E-state index is 12.3. The van der Waals surface area contributed by atoms with Crippen LogP contribution >= 0.6 is 23.4 Å². The van der Waals surface area contributed by atoms with Crippen molar-refractivity contribution in [1.82, 2.24) is 9.97 Å². The average molecular weight is 414 g/mol. The zero-order chi connectivity index (χ0) is 20.1. The summed E-state index contributed by atoms with van der Waals surface area (Å²) in [6.07, 6.45) is 1.78. The molecule has 1 N–H and O–H groups in total. The molecule has 0 aliphatic carbocycles. The first-order valence-electron chi connectivity index (χ1n) is 8.19. The summed E-state index contributed by atoms with van der Waals surface area (Å²) in [5, 5.41) is 10.3. The molecule has 8 heteroatoms. The summed E-state index contributed by atoms with van der Waals surface area (Å²) in [5.74, 6) is 1.19. The third-order valence-corrected chi connectivity index (χ3v) is 4.74. The Balaban J connectivity index is 2.04. The van der Waals surface area contributed by atoms with Gasteiger partial charge in [-0.25, -0.2) is 4.98 Å². The summed E-state index contributed by atoms with van der Waals surface area (Å²) in [4.78, 5) is 19.2. The summed E-state index contributed by atoms with van der Waals surface area (Å²) in [5.41, 5.74) is 1.03. The topological polar surface area (TPSA) is 88.0 Å². The number of H-pyrrole nitrogens is 1. The van der Waals surface area contributed by atoms with Crippen molar-refractivity contribution < 1.29 is 9.47 Å². The van der Waals surface area contributed by atoms with E-state index in [1.54, 1.807) is 31.6 Å². The van der Waals surface area contributed by atoms with Crippen molar-refractivity contribution in [3.63, 3.8) is 0 Å². The molecule has 0 aliphatic heterocycles. The molecule has 0 fully saturated rings. The summed E-state index contributed by atoms with van der Waals surface area (Å²) in [6.45, 7) is 0.270. The fourth-order valence-corrected chi connectivity index (χ4v) is 3.13. The Kier molecular flexibility index (Phi) is 6.24. The first-order valence-corrected chi connectivity index (χ1v) is 9.80. The van der Waals surface area contributed by atoms with Crippen molar-refractivity contribution >= 4 is 23.4 Å². The lowest BCUT2D eigenvalue weighted by Gasteiger charge is -2.13. The second-order valence-electron chi connectivity index (χ2n) is 5.69. The highest BCUT2D eigenvalue weighted by molar-refractivity contribution is 7.98. The highest BCUT2D eigenvalue weighted by Gasteiger charge is 2.18. The first kappa shape index (κ1) is 19.8. The fourth-order valence-electron chi connectivity index (χ4n) is 2.58. The molecule has 1 heterocycles. The number of aromatic nitrogens is 2. The summed E-state index contributed by atoms with van der Waals surface area (Å²) in [6, 6.07) is 14.4. The van der Waals surface area contributed by atoms with E-state index in [-0.39, 0.29) is 17.9 Å². The maximum absolute atomic E-state index is 12.3. The van der Waals surface area contributed by atoms with Crippen LogP contribution in [-0.2, 0) is 6.61 Å². The SMILES string of the molecule is COc1cccc(COc2ccc(Cl)cc2-c2nc(SC)[nH]c(=O)c2C#N)c1. The third-order valence-electron chi connectivity index (χ3n) is 3.93. The maximum Gasteiger partial charge on any atom is 0.270 e. The van der Waals surface area contributed by atoms with Crippen LogP contribution in [0.5, 0.6) is 11.5 Å². The molecule has 6 nitrogen and oxygen atoms in total. The van der Waals surface area contributed by atoms with Crippen LogP contribution < -0.4 is 15.0 Å².